The number of rotatable bonds is 4. The Bertz CT molecular complexity index is 644. The summed E-state index contributed by atoms with van der Waals surface area (Å²) < 4.78 is 25.8. The maximum atomic E-state index is 13.6. The lowest BCUT2D eigenvalue weighted by Gasteiger charge is -2.36. The molecule has 3 rings (SSSR count). The van der Waals surface area contributed by atoms with Gasteiger partial charge in [0.15, 0.2) is 0 Å². The average molecular weight is 367 g/mol. The molecule has 6 heteroatoms. The van der Waals surface area contributed by atoms with E-state index in [9.17, 15) is 13.4 Å². The molecule has 1 heterocycles. The van der Waals surface area contributed by atoms with Crippen molar-refractivity contribution in [2.75, 3.05) is 25.4 Å². The minimum absolute atomic E-state index is 0.0824. The van der Waals surface area contributed by atoms with Crippen LogP contribution < -0.4 is 5.32 Å². The Hall–Kier alpha value is -1.43. The molecule has 0 bridgehead atoms. The second kappa shape index (κ2) is 7.85. The lowest BCUT2D eigenvalue weighted by molar-refractivity contribution is 0.156. The second-order valence-electron chi connectivity index (χ2n) is 7.57. The van der Waals surface area contributed by atoms with Crippen LogP contribution in [0.3, 0.4) is 0 Å². The van der Waals surface area contributed by atoms with Crippen molar-refractivity contribution in [3.8, 4) is 0 Å². The number of benzene rings is 1. The number of hydrogen-bond donors (Lipinski definition) is 1. The molecular weight excluding hydrogens is 339 g/mol. The molecule has 2 fully saturated rings. The average Bonchev–Trinajstić information content (AvgIpc) is 3.02. The van der Waals surface area contributed by atoms with Gasteiger partial charge in [-0.25, -0.2) is 9.18 Å². The van der Waals surface area contributed by atoms with Crippen molar-refractivity contribution in [2.24, 2.45) is 11.3 Å². The first-order valence-corrected chi connectivity index (χ1v) is 10.5. The Morgan fingerprint density at radius 1 is 1.32 bits per heavy atom. The molecule has 1 aliphatic carbocycles. The summed E-state index contributed by atoms with van der Waals surface area (Å²) in [6, 6.07) is 6.00. The molecule has 1 saturated heterocycles. The quantitative estimate of drug-likeness (QED) is 0.886. The van der Waals surface area contributed by atoms with E-state index in [-0.39, 0.29) is 16.7 Å². The molecule has 138 valence electrons. The van der Waals surface area contributed by atoms with Crippen LogP contribution >= 0.6 is 0 Å². The van der Waals surface area contributed by atoms with Crippen LogP contribution in [0.2, 0.25) is 0 Å². The van der Waals surface area contributed by atoms with Crippen molar-refractivity contribution in [2.45, 2.75) is 43.9 Å². The molecule has 1 spiro atoms. The van der Waals surface area contributed by atoms with Gasteiger partial charge in [-0.1, -0.05) is 31.9 Å². The molecule has 1 aliphatic heterocycles. The number of halogens is 1. The highest BCUT2D eigenvalue weighted by Crippen LogP contribution is 2.45. The minimum Gasteiger partial charge on any atom is -0.337 e. The van der Waals surface area contributed by atoms with Crippen LogP contribution in [-0.2, 0) is 10.8 Å². The number of amides is 2. The monoisotopic (exact) mass is 366 g/mol. The highest BCUT2D eigenvalue weighted by atomic mass is 32.2. The van der Waals surface area contributed by atoms with Crippen molar-refractivity contribution < 1.29 is 13.4 Å². The number of nitrogens with zero attached hydrogens (tertiary/aromatic N) is 1. The zero-order chi connectivity index (χ0) is 17.9. The van der Waals surface area contributed by atoms with Crippen LogP contribution in [0.15, 0.2) is 29.2 Å². The Morgan fingerprint density at radius 3 is 2.76 bits per heavy atom. The molecule has 1 unspecified atom stereocenters. The molecule has 4 nitrogen and oxygen atoms in total. The van der Waals surface area contributed by atoms with E-state index in [0.717, 1.165) is 25.4 Å². The predicted molar refractivity (Wildman–Crippen MR) is 97.3 cm³/mol. The molecular formula is C19H27FN2O2S. The summed E-state index contributed by atoms with van der Waals surface area (Å²) >= 11 is 0. The first-order chi connectivity index (χ1) is 12.0. The molecule has 1 aromatic carbocycles. The molecule has 1 atom stereocenters. The van der Waals surface area contributed by atoms with E-state index in [1.807, 2.05) is 4.90 Å². The summed E-state index contributed by atoms with van der Waals surface area (Å²) in [5, 5.41) is 2.85. The zero-order valence-electron chi connectivity index (χ0n) is 14.8. The van der Waals surface area contributed by atoms with Gasteiger partial charge in [-0.3, -0.25) is 4.21 Å². The molecule has 2 aliphatic rings. The maximum Gasteiger partial charge on any atom is 0.317 e. The summed E-state index contributed by atoms with van der Waals surface area (Å²) in [6.07, 6.45) is 6.05. The van der Waals surface area contributed by atoms with Crippen LogP contribution in [-0.4, -0.2) is 40.5 Å². The third kappa shape index (κ3) is 4.40. The van der Waals surface area contributed by atoms with Gasteiger partial charge in [0.2, 0.25) is 0 Å². The first kappa shape index (κ1) is 18.4. The third-order valence-corrected chi connectivity index (χ3v) is 7.10. The van der Waals surface area contributed by atoms with Crippen molar-refractivity contribution >= 4 is 16.8 Å². The standard InChI is InChI=1S/C19H27FN2O2S/c1-15-6-8-19(9-7-15)10-12-22(14-19)18(23)21-11-13-25(24)17-5-3-2-4-16(17)20/h2-5,15H,6-14H2,1H3,(H,21,23). The SMILES string of the molecule is CC1CCC2(CC1)CCN(C(=O)NCCS(=O)c1ccccc1F)C2. The van der Waals surface area contributed by atoms with E-state index in [0.29, 0.717) is 12.0 Å². The number of urea groups is 1. The molecule has 2 amide bonds. The van der Waals surface area contributed by atoms with E-state index in [1.54, 1.807) is 12.1 Å². The van der Waals surface area contributed by atoms with Gasteiger partial charge in [-0.05, 0) is 42.7 Å². The lowest BCUT2D eigenvalue weighted by atomic mass is 9.70. The summed E-state index contributed by atoms with van der Waals surface area (Å²) in [5.41, 5.74) is 0.319. The van der Waals surface area contributed by atoms with Crippen LogP contribution in [0.25, 0.3) is 0 Å². The number of carbonyl (C=O) groups excluding carboxylic acids is 1. The fourth-order valence-electron chi connectivity index (χ4n) is 3.99. The van der Waals surface area contributed by atoms with Gasteiger partial charge in [0.25, 0.3) is 0 Å². The Balaban J connectivity index is 1.44. The van der Waals surface area contributed by atoms with E-state index in [1.165, 1.54) is 37.8 Å². The highest BCUT2D eigenvalue weighted by molar-refractivity contribution is 7.85. The third-order valence-electron chi connectivity index (χ3n) is 5.71. The van der Waals surface area contributed by atoms with Crippen LogP contribution in [0.4, 0.5) is 9.18 Å². The van der Waals surface area contributed by atoms with Gasteiger partial charge < -0.3 is 10.2 Å². The van der Waals surface area contributed by atoms with Crippen LogP contribution in [0.5, 0.6) is 0 Å². The highest BCUT2D eigenvalue weighted by Gasteiger charge is 2.41. The van der Waals surface area contributed by atoms with E-state index < -0.39 is 16.6 Å². The number of nitrogens with one attached hydrogen (secondary N) is 1. The Kier molecular flexibility index (Phi) is 5.77. The predicted octanol–water partition coefficient (Wildman–Crippen LogP) is 3.55. The van der Waals surface area contributed by atoms with Gasteiger partial charge in [-0.15, -0.1) is 0 Å². The van der Waals surface area contributed by atoms with Crippen molar-refractivity contribution in [3.05, 3.63) is 30.1 Å². The fourth-order valence-corrected chi connectivity index (χ4v) is 5.02. The smallest absolute Gasteiger partial charge is 0.317 e. The first-order valence-electron chi connectivity index (χ1n) is 9.15. The summed E-state index contributed by atoms with van der Waals surface area (Å²) in [7, 11) is -1.44. The van der Waals surface area contributed by atoms with E-state index >= 15 is 0 Å². The van der Waals surface area contributed by atoms with Gasteiger partial charge in [0, 0.05) is 25.4 Å². The molecule has 1 aromatic rings. The number of hydrogen-bond acceptors (Lipinski definition) is 2. The molecule has 1 N–H and O–H groups in total. The van der Waals surface area contributed by atoms with Gasteiger partial charge in [-0.2, -0.15) is 0 Å². The fraction of sp³-hybridized carbons (Fsp3) is 0.632. The van der Waals surface area contributed by atoms with Crippen molar-refractivity contribution in [3.63, 3.8) is 0 Å². The molecule has 0 radical (unpaired) electrons. The van der Waals surface area contributed by atoms with E-state index in [4.69, 9.17) is 0 Å². The molecule has 0 aromatic heterocycles. The van der Waals surface area contributed by atoms with Gasteiger partial charge in [0.05, 0.1) is 15.7 Å². The Morgan fingerprint density at radius 2 is 2.04 bits per heavy atom. The molecule has 1 saturated carbocycles. The van der Waals surface area contributed by atoms with Crippen molar-refractivity contribution in [1.82, 2.24) is 10.2 Å². The minimum atomic E-state index is -1.44. The normalized spacial score (nSPS) is 27.4. The summed E-state index contributed by atoms with van der Waals surface area (Å²) in [5.74, 6) is 0.574. The lowest BCUT2D eigenvalue weighted by Crippen LogP contribution is -2.41. The van der Waals surface area contributed by atoms with Gasteiger partial charge >= 0.3 is 6.03 Å². The maximum absolute atomic E-state index is 13.6. The van der Waals surface area contributed by atoms with Crippen LogP contribution in [0, 0.1) is 17.2 Å². The van der Waals surface area contributed by atoms with Crippen LogP contribution in [0.1, 0.15) is 39.0 Å². The topological polar surface area (TPSA) is 49.4 Å². The summed E-state index contributed by atoms with van der Waals surface area (Å²) in [6.45, 7) is 4.24. The Labute approximate surface area is 151 Å². The zero-order valence-corrected chi connectivity index (χ0v) is 15.6. The largest absolute Gasteiger partial charge is 0.337 e. The second-order valence-corrected chi connectivity index (χ2v) is 9.11. The molecule has 25 heavy (non-hydrogen) atoms. The number of carbonyl (C=O) groups is 1. The van der Waals surface area contributed by atoms with Crippen molar-refractivity contribution in [1.29, 1.82) is 0 Å². The summed E-state index contributed by atoms with van der Waals surface area (Å²) in [4.78, 5) is 14.5. The van der Waals surface area contributed by atoms with E-state index in [2.05, 4.69) is 12.2 Å². The van der Waals surface area contributed by atoms with Gasteiger partial charge in [0.1, 0.15) is 5.82 Å². The number of likely N-dealkylation sites (tertiary alicyclic amines) is 1.